The summed E-state index contributed by atoms with van der Waals surface area (Å²) in [4.78, 5) is 13.9. The van der Waals surface area contributed by atoms with E-state index in [1.807, 2.05) is 0 Å². The summed E-state index contributed by atoms with van der Waals surface area (Å²) in [5.41, 5.74) is 7.20. The predicted octanol–water partition coefficient (Wildman–Crippen LogP) is 4.25. The molecule has 1 aromatic rings. The first kappa shape index (κ1) is 15.2. The quantitative estimate of drug-likeness (QED) is 0.844. The number of carbonyl (C=O) groups is 1. The topological polar surface area (TPSA) is 46.3 Å². The molecule has 0 aromatic heterocycles. The summed E-state index contributed by atoms with van der Waals surface area (Å²) >= 11 is 5.97. The minimum atomic E-state index is 0.115. The molecule has 1 aromatic carbocycles. The number of nitrogens with two attached hydrogens (primary N) is 1. The molecule has 20 heavy (non-hydrogen) atoms. The summed E-state index contributed by atoms with van der Waals surface area (Å²) in [5, 5.41) is 0.598. The Balaban J connectivity index is 1.92. The van der Waals surface area contributed by atoms with Crippen molar-refractivity contribution >= 4 is 28.9 Å². The van der Waals surface area contributed by atoms with Crippen LogP contribution in [0, 0.1) is 5.92 Å². The van der Waals surface area contributed by atoms with Crippen LogP contribution in [0.15, 0.2) is 18.2 Å². The first-order valence-corrected chi connectivity index (χ1v) is 7.77. The first-order chi connectivity index (χ1) is 9.58. The van der Waals surface area contributed by atoms with E-state index in [1.54, 1.807) is 30.1 Å². The van der Waals surface area contributed by atoms with Gasteiger partial charge in [-0.2, -0.15) is 0 Å². The Morgan fingerprint density at radius 2 is 2.05 bits per heavy atom. The van der Waals surface area contributed by atoms with Crippen LogP contribution in [0.25, 0.3) is 0 Å². The molecule has 3 nitrogen and oxygen atoms in total. The van der Waals surface area contributed by atoms with Gasteiger partial charge < -0.3 is 10.6 Å². The van der Waals surface area contributed by atoms with Gasteiger partial charge in [-0.1, -0.05) is 43.7 Å². The maximum absolute atomic E-state index is 12.3. The summed E-state index contributed by atoms with van der Waals surface area (Å²) in [5.74, 6) is 0.836. The van der Waals surface area contributed by atoms with E-state index in [4.69, 9.17) is 17.3 Å². The van der Waals surface area contributed by atoms with Crippen molar-refractivity contribution in [1.29, 1.82) is 0 Å². The average molecular weight is 295 g/mol. The van der Waals surface area contributed by atoms with Gasteiger partial charge in [-0.15, -0.1) is 0 Å². The maximum atomic E-state index is 12.3. The Morgan fingerprint density at radius 3 is 2.75 bits per heavy atom. The minimum Gasteiger partial charge on any atom is -0.397 e. The number of rotatable bonds is 4. The van der Waals surface area contributed by atoms with Crippen LogP contribution in [0.5, 0.6) is 0 Å². The van der Waals surface area contributed by atoms with E-state index in [0.29, 0.717) is 22.8 Å². The zero-order valence-electron chi connectivity index (χ0n) is 12.1. The van der Waals surface area contributed by atoms with Gasteiger partial charge in [-0.3, -0.25) is 4.79 Å². The number of amides is 1. The van der Waals surface area contributed by atoms with E-state index in [0.717, 1.165) is 12.3 Å². The van der Waals surface area contributed by atoms with E-state index < -0.39 is 0 Å². The minimum absolute atomic E-state index is 0.115. The lowest BCUT2D eigenvalue weighted by Gasteiger charge is -2.23. The van der Waals surface area contributed by atoms with Crippen molar-refractivity contribution < 1.29 is 4.79 Å². The second-order valence-corrected chi connectivity index (χ2v) is 6.14. The third-order valence-electron chi connectivity index (χ3n) is 4.22. The zero-order valence-corrected chi connectivity index (χ0v) is 12.8. The Kier molecular flexibility index (Phi) is 5.30. The highest BCUT2D eigenvalue weighted by atomic mass is 35.5. The molecule has 110 valence electrons. The number of nitrogen functional groups attached to an aromatic ring is 1. The monoisotopic (exact) mass is 294 g/mol. The summed E-state index contributed by atoms with van der Waals surface area (Å²) in [7, 11) is 1.77. The molecule has 0 heterocycles. The fraction of sp³-hybridized carbons (Fsp3) is 0.562. The van der Waals surface area contributed by atoms with Gasteiger partial charge in [0.1, 0.15) is 0 Å². The van der Waals surface area contributed by atoms with Gasteiger partial charge in [0.25, 0.3) is 0 Å². The summed E-state index contributed by atoms with van der Waals surface area (Å²) in [6, 6.07) is 5.22. The van der Waals surface area contributed by atoms with Gasteiger partial charge in [0.05, 0.1) is 11.4 Å². The van der Waals surface area contributed by atoms with Crippen LogP contribution in [-0.2, 0) is 4.79 Å². The zero-order chi connectivity index (χ0) is 14.5. The summed E-state index contributed by atoms with van der Waals surface area (Å²) in [6.45, 7) is 0. The van der Waals surface area contributed by atoms with Gasteiger partial charge in [0, 0.05) is 18.5 Å². The molecule has 1 aliphatic rings. The van der Waals surface area contributed by atoms with Crippen LogP contribution >= 0.6 is 11.6 Å². The van der Waals surface area contributed by atoms with Gasteiger partial charge >= 0.3 is 0 Å². The molecule has 2 N–H and O–H groups in total. The molecule has 1 amide bonds. The van der Waals surface area contributed by atoms with Crippen LogP contribution in [0.3, 0.4) is 0 Å². The standard InChI is InChI=1S/C16H23ClN2O/c1-19(15-11-13(17)8-9-14(15)18)16(20)10-7-12-5-3-2-4-6-12/h8-9,11-12H,2-7,10,18H2,1H3. The summed E-state index contributed by atoms with van der Waals surface area (Å²) < 4.78 is 0. The Morgan fingerprint density at radius 1 is 1.35 bits per heavy atom. The van der Waals surface area contributed by atoms with E-state index >= 15 is 0 Å². The Hall–Kier alpha value is -1.22. The lowest BCUT2D eigenvalue weighted by Crippen LogP contribution is -2.27. The Labute approximate surface area is 126 Å². The van der Waals surface area contributed by atoms with Gasteiger partial charge in [-0.25, -0.2) is 0 Å². The predicted molar refractivity (Wildman–Crippen MR) is 85.1 cm³/mol. The van der Waals surface area contributed by atoms with Crippen molar-refractivity contribution in [1.82, 2.24) is 0 Å². The molecule has 1 aliphatic carbocycles. The number of nitrogens with zero attached hydrogens (tertiary/aromatic N) is 1. The van der Waals surface area contributed by atoms with Gasteiger partial charge in [0.15, 0.2) is 0 Å². The lowest BCUT2D eigenvalue weighted by atomic mass is 9.86. The largest absolute Gasteiger partial charge is 0.397 e. The van der Waals surface area contributed by atoms with Crippen LogP contribution < -0.4 is 10.6 Å². The number of benzene rings is 1. The maximum Gasteiger partial charge on any atom is 0.226 e. The molecule has 4 heteroatoms. The van der Waals surface area contributed by atoms with Crippen molar-refractivity contribution in [3.63, 3.8) is 0 Å². The second kappa shape index (κ2) is 6.98. The van der Waals surface area contributed by atoms with E-state index in [1.165, 1.54) is 32.1 Å². The second-order valence-electron chi connectivity index (χ2n) is 5.70. The first-order valence-electron chi connectivity index (χ1n) is 7.39. The molecule has 0 spiro atoms. The SMILES string of the molecule is CN(C(=O)CCC1CCCCC1)c1cc(Cl)ccc1N. The number of halogens is 1. The number of anilines is 2. The Bertz CT molecular complexity index is 470. The third kappa shape index (κ3) is 3.89. The normalized spacial score (nSPS) is 16.1. The molecule has 2 rings (SSSR count). The number of hydrogen-bond donors (Lipinski definition) is 1. The van der Waals surface area contributed by atoms with E-state index in [2.05, 4.69) is 0 Å². The molecule has 0 saturated heterocycles. The molecular weight excluding hydrogens is 272 g/mol. The molecule has 0 bridgehead atoms. The molecule has 0 aliphatic heterocycles. The van der Waals surface area contributed by atoms with E-state index in [9.17, 15) is 4.79 Å². The van der Waals surface area contributed by atoms with Crippen molar-refractivity contribution in [2.75, 3.05) is 17.7 Å². The molecule has 0 atom stereocenters. The number of hydrogen-bond acceptors (Lipinski definition) is 2. The fourth-order valence-corrected chi connectivity index (χ4v) is 3.08. The van der Waals surface area contributed by atoms with Crippen molar-refractivity contribution in [2.45, 2.75) is 44.9 Å². The van der Waals surface area contributed by atoms with Crippen LogP contribution in [0.1, 0.15) is 44.9 Å². The van der Waals surface area contributed by atoms with E-state index in [-0.39, 0.29) is 5.91 Å². The number of carbonyl (C=O) groups excluding carboxylic acids is 1. The average Bonchev–Trinajstić information content (AvgIpc) is 2.47. The van der Waals surface area contributed by atoms with Crippen molar-refractivity contribution in [3.8, 4) is 0 Å². The lowest BCUT2D eigenvalue weighted by molar-refractivity contribution is -0.118. The van der Waals surface area contributed by atoms with Crippen LogP contribution in [0.2, 0.25) is 5.02 Å². The molecule has 1 saturated carbocycles. The van der Waals surface area contributed by atoms with Crippen LogP contribution in [0.4, 0.5) is 11.4 Å². The molecular formula is C16H23ClN2O. The molecule has 0 radical (unpaired) electrons. The van der Waals surface area contributed by atoms with Gasteiger partial charge in [-0.05, 0) is 30.5 Å². The third-order valence-corrected chi connectivity index (χ3v) is 4.45. The highest BCUT2D eigenvalue weighted by Gasteiger charge is 2.18. The highest BCUT2D eigenvalue weighted by molar-refractivity contribution is 6.31. The summed E-state index contributed by atoms with van der Waals surface area (Å²) in [6.07, 6.45) is 8.11. The van der Waals surface area contributed by atoms with Crippen LogP contribution in [-0.4, -0.2) is 13.0 Å². The molecule has 0 unspecified atom stereocenters. The van der Waals surface area contributed by atoms with Crippen molar-refractivity contribution in [2.24, 2.45) is 5.92 Å². The van der Waals surface area contributed by atoms with Crippen molar-refractivity contribution in [3.05, 3.63) is 23.2 Å². The van der Waals surface area contributed by atoms with Gasteiger partial charge in [0.2, 0.25) is 5.91 Å². The fourth-order valence-electron chi connectivity index (χ4n) is 2.91. The smallest absolute Gasteiger partial charge is 0.226 e. The molecule has 1 fully saturated rings. The highest BCUT2D eigenvalue weighted by Crippen LogP contribution is 2.29.